The summed E-state index contributed by atoms with van der Waals surface area (Å²) in [5.41, 5.74) is 17.1. The normalized spacial score (nSPS) is 24.8. The molecule has 6 atom stereocenters. The van der Waals surface area contributed by atoms with E-state index in [0.717, 1.165) is 44.5 Å². The Hall–Kier alpha value is -1.81. The summed E-state index contributed by atoms with van der Waals surface area (Å²) in [7, 11) is 1.76. The van der Waals surface area contributed by atoms with Crippen molar-refractivity contribution in [2.24, 2.45) is 17.2 Å². The number of amides is 1. The van der Waals surface area contributed by atoms with Gasteiger partial charge in [0.15, 0.2) is 11.6 Å². The quantitative estimate of drug-likeness (QED) is 0.376. The van der Waals surface area contributed by atoms with Crippen molar-refractivity contribution >= 4 is 17.5 Å². The van der Waals surface area contributed by atoms with Gasteiger partial charge in [-0.2, -0.15) is 0 Å². The van der Waals surface area contributed by atoms with Gasteiger partial charge in [-0.3, -0.25) is 14.4 Å². The Morgan fingerprint density at radius 2 is 1.66 bits per heavy atom. The predicted octanol–water partition coefficient (Wildman–Crippen LogP) is 1.54. The Morgan fingerprint density at radius 3 is 2.06 bits per heavy atom. The standard InChI is InChI=1S/C18H32N4O2.C6H14N2O.C2H6/c1-12(19)16(20-5)17(24)21-10-6-8-15(21)13(2)22-11-7-9-18(22,4)14(3)23;1-3-5(9)6(8)4(2)7;1-2/h12,15-16,20H,2,6-11,19H2,1,3-5H3;4,6H,3,7-8H2,1-2H3;1-2H3. The lowest BCUT2D eigenvalue weighted by molar-refractivity contribution is -0.134. The van der Waals surface area contributed by atoms with Crippen molar-refractivity contribution in [3.05, 3.63) is 12.3 Å². The molecule has 1 amide bonds. The first-order chi connectivity index (χ1) is 16.3. The van der Waals surface area contributed by atoms with E-state index in [-0.39, 0.29) is 35.6 Å². The number of carbonyl (C=O) groups excluding carboxylic acids is 3. The fraction of sp³-hybridized carbons (Fsp3) is 0.808. The van der Waals surface area contributed by atoms with E-state index in [0.29, 0.717) is 6.42 Å². The number of nitrogens with one attached hydrogen (secondary N) is 1. The van der Waals surface area contributed by atoms with Gasteiger partial charge in [-0.25, -0.2) is 0 Å². The molecule has 204 valence electrons. The van der Waals surface area contributed by atoms with Crippen molar-refractivity contribution in [3.8, 4) is 0 Å². The molecular formula is C26H52N6O3. The number of carbonyl (C=O) groups is 3. The Morgan fingerprint density at radius 1 is 1.09 bits per heavy atom. The van der Waals surface area contributed by atoms with Crippen LogP contribution >= 0.6 is 0 Å². The molecule has 0 spiro atoms. The zero-order valence-electron chi connectivity index (χ0n) is 23.4. The number of ketones is 2. The summed E-state index contributed by atoms with van der Waals surface area (Å²) in [6.45, 7) is 18.8. The van der Waals surface area contributed by atoms with Crippen LogP contribution in [0.5, 0.6) is 0 Å². The van der Waals surface area contributed by atoms with Crippen LogP contribution in [-0.2, 0) is 14.4 Å². The van der Waals surface area contributed by atoms with E-state index in [1.165, 1.54) is 0 Å². The Kier molecular flexibility index (Phi) is 14.5. The van der Waals surface area contributed by atoms with Crippen LogP contribution < -0.4 is 22.5 Å². The van der Waals surface area contributed by atoms with Gasteiger partial charge >= 0.3 is 0 Å². The maximum absolute atomic E-state index is 12.9. The number of nitrogens with two attached hydrogens (primary N) is 3. The number of hydrogen-bond acceptors (Lipinski definition) is 8. The van der Waals surface area contributed by atoms with Gasteiger partial charge in [-0.05, 0) is 60.4 Å². The molecule has 0 aromatic carbocycles. The molecule has 6 unspecified atom stereocenters. The summed E-state index contributed by atoms with van der Waals surface area (Å²) in [6, 6.07) is -1.39. The second kappa shape index (κ2) is 15.3. The third-order valence-corrected chi connectivity index (χ3v) is 7.06. The number of nitrogens with zero attached hydrogens (tertiary/aromatic N) is 2. The predicted molar refractivity (Wildman–Crippen MR) is 144 cm³/mol. The van der Waals surface area contributed by atoms with Gasteiger partial charge in [0.25, 0.3) is 0 Å². The largest absolute Gasteiger partial charge is 0.361 e. The fourth-order valence-corrected chi connectivity index (χ4v) is 4.67. The van der Waals surface area contributed by atoms with Crippen LogP contribution in [0.2, 0.25) is 0 Å². The van der Waals surface area contributed by atoms with Gasteiger partial charge in [0, 0.05) is 37.3 Å². The fourth-order valence-electron chi connectivity index (χ4n) is 4.67. The molecule has 0 aliphatic carbocycles. The van der Waals surface area contributed by atoms with Crippen molar-refractivity contribution in [2.75, 3.05) is 20.1 Å². The molecular weight excluding hydrogens is 444 g/mol. The SMILES string of the molecule is C=C(C1CCCN1C(=O)C(NC)C(C)N)N1CCCC1(C)C(C)=O.CC.CCC(=O)C(N)C(C)N. The minimum Gasteiger partial charge on any atom is -0.361 e. The summed E-state index contributed by atoms with van der Waals surface area (Å²) < 4.78 is 0. The molecule has 0 radical (unpaired) electrons. The number of Topliss-reactive ketones (excluding diaryl/α,β-unsaturated/α-hetero) is 2. The van der Waals surface area contributed by atoms with Crippen LogP contribution in [0.15, 0.2) is 12.3 Å². The van der Waals surface area contributed by atoms with Gasteiger partial charge in [-0.15, -0.1) is 0 Å². The number of hydrogen-bond donors (Lipinski definition) is 4. The first kappa shape index (κ1) is 33.2. The van der Waals surface area contributed by atoms with E-state index in [4.69, 9.17) is 17.2 Å². The monoisotopic (exact) mass is 496 g/mol. The maximum atomic E-state index is 12.9. The molecule has 2 aliphatic heterocycles. The van der Waals surface area contributed by atoms with Crippen molar-refractivity contribution in [3.63, 3.8) is 0 Å². The number of likely N-dealkylation sites (N-methyl/N-ethyl adjacent to an activating group) is 1. The highest BCUT2D eigenvalue weighted by atomic mass is 16.2. The Labute approximate surface area is 213 Å². The zero-order valence-corrected chi connectivity index (χ0v) is 23.4. The first-order valence-electron chi connectivity index (χ1n) is 13.1. The first-order valence-corrected chi connectivity index (χ1v) is 13.1. The Balaban J connectivity index is 0.000000888. The zero-order chi connectivity index (χ0) is 27.5. The minimum absolute atomic E-state index is 0.0277. The van der Waals surface area contributed by atoms with Crippen LogP contribution in [0.4, 0.5) is 0 Å². The molecule has 9 heteroatoms. The van der Waals surface area contributed by atoms with Crippen LogP contribution in [0, 0.1) is 0 Å². The van der Waals surface area contributed by atoms with Crippen molar-refractivity contribution in [2.45, 2.75) is 116 Å². The second-order valence-corrected chi connectivity index (χ2v) is 9.60. The molecule has 35 heavy (non-hydrogen) atoms. The summed E-state index contributed by atoms with van der Waals surface area (Å²) in [5, 5.41) is 3.03. The van der Waals surface area contributed by atoms with Crippen molar-refractivity contribution in [1.82, 2.24) is 15.1 Å². The van der Waals surface area contributed by atoms with E-state index in [9.17, 15) is 14.4 Å². The third-order valence-electron chi connectivity index (χ3n) is 7.06. The molecule has 2 fully saturated rings. The molecule has 2 rings (SSSR count). The highest BCUT2D eigenvalue weighted by Crippen LogP contribution is 2.37. The molecule has 2 aliphatic rings. The molecule has 2 heterocycles. The lowest BCUT2D eigenvalue weighted by Gasteiger charge is -2.41. The van der Waals surface area contributed by atoms with Crippen LogP contribution in [0.3, 0.4) is 0 Å². The van der Waals surface area contributed by atoms with Gasteiger partial charge in [0.1, 0.15) is 6.04 Å². The average molecular weight is 497 g/mol. The number of likely N-dealkylation sites (tertiary alicyclic amines) is 2. The smallest absolute Gasteiger partial charge is 0.241 e. The van der Waals surface area contributed by atoms with E-state index < -0.39 is 17.6 Å². The molecule has 7 N–H and O–H groups in total. The molecule has 0 aromatic heterocycles. The average Bonchev–Trinajstić information content (AvgIpc) is 3.47. The van der Waals surface area contributed by atoms with E-state index in [2.05, 4.69) is 16.8 Å². The molecule has 0 bridgehead atoms. The molecule has 2 saturated heterocycles. The van der Waals surface area contributed by atoms with Gasteiger partial charge in [0.2, 0.25) is 5.91 Å². The molecule has 0 saturated carbocycles. The summed E-state index contributed by atoms with van der Waals surface area (Å²) in [4.78, 5) is 39.8. The second-order valence-electron chi connectivity index (χ2n) is 9.60. The summed E-state index contributed by atoms with van der Waals surface area (Å²) in [5.74, 6) is 0.227. The van der Waals surface area contributed by atoms with Crippen LogP contribution in [-0.4, -0.2) is 83.2 Å². The maximum Gasteiger partial charge on any atom is 0.241 e. The Bertz CT molecular complexity index is 711. The van der Waals surface area contributed by atoms with E-state index >= 15 is 0 Å². The van der Waals surface area contributed by atoms with Gasteiger partial charge in [0.05, 0.1) is 17.6 Å². The summed E-state index contributed by atoms with van der Waals surface area (Å²) in [6.07, 6.45) is 4.15. The highest BCUT2D eigenvalue weighted by Gasteiger charge is 2.45. The molecule has 0 aromatic rings. The van der Waals surface area contributed by atoms with Gasteiger partial charge in [-0.1, -0.05) is 27.4 Å². The molecule has 9 nitrogen and oxygen atoms in total. The van der Waals surface area contributed by atoms with Crippen LogP contribution in [0.25, 0.3) is 0 Å². The van der Waals surface area contributed by atoms with Crippen molar-refractivity contribution in [1.29, 1.82) is 0 Å². The topological polar surface area (TPSA) is 148 Å². The van der Waals surface area contributed by atoms with Crippen LogP contribution in [0.1, 0.15) is 80.6 Å². The lowest BCUT2D eigenvalue weighted by Crippen LogP contribution is -2.56. The summed E-state index contributed by atoms with van der Waals surface area (Å²) >= 11 is 0. The lowest BCUT2D eigenvalue weighted by atomic mass is 9.93. The van der Waals surface area contributed by atoms with Crippen molar-refractivity contribution < 1.29 is 14.4 Å². The van der Waals surface area contributed by atoms with E-state index in [1.54, 1.807) is 27.8 Å². The third kappa shape index (κ3) is 8.37. The van der Waals surface area contributed by atoms with Gasteiger partial charge < -0.3 is 32.3 Å². The highest BCUT2D eigenvalue weighted by molar-refractivity contribution is 5.86. The number of rotatable bonds is 9. The minimum atomic E-state index is -0.488. The van der Waals surface area contributed by atoms with E-state index in [1.807, 2.05) is 32.6 Å².